The van der Waals surface area contributed by atoms with Crippen LogP contribution in [0.5, 0.6) is 23.3 Å². The lowest BCUT2D eigenvalue weighted by atomic mass is 9.96. The average Bonchev–Trinajstić information content (AvgIpc) is 3.30. The summed E-state index contributed by atoms with van der Waals surface area (Å²) in [7, 11) is 1.55. The smallest absolute Gasteiger partial charge is 0.236 e. The van der Waals surface area contributed by atoms with Crippen molar-refractivity contribution in [3.63, 3.8) is 0 Å². The van der Waals surface area contributed by atoms with E-state index in [9.17, 15) is 4.79 Å². The molecule has 3 aromatic rings. The Hall–Kier alpha value is -3.49. The maximum atomic E-state index is 10.9. The maximum absolute atomic E-state index is 10.9. The number of carbonyl (C=O) groups is 1. The molecule has 188 valence electrons. The van der Waals surface area contributed by atoms with Gasteiger partial charge in [0.2, 0.25) is 17.7 Å². The van der Waals surface area contributed by atoms with Gasteiger partial charge in [-0.25, -0.2) is 0 Å². The quantitative estimate of drug-likeness (QED) is 0.416. The topological polar surface area (TPSA) is 105 Å². The van der Waals surface area contributed by atoms with E-state index in [0.29, 0.717) is 43.1 Å². The van der Waals surface area contributed by atoms with Gasteiger partial charge in [0.1, 0.15) is 24.3 Å². The summed E-state index contributed by atoms with van der Waals surface area (Å²) in [5, 5.41) is 3.55. The largest absolute Gasteiger partial charge is 0.486 e. The van der Waals surface area contributed by atoms with E-state index in [-0.39, 0.29) is 18.4 Å². The first kappa shape index (κ1) is 24.2. The number of amides is 1. The number of primary amides is 1. The number of aromatic nitrogens is 1. The fraction of sp³-hybridized carbons (Fsp3) is 0.333. The zero-order valence-corrected chi connectivity index (χ0v) is 20.8. The number of hydrogen-bond donors (Lipinski definition) is 2. The molecule has 1 aromatic heterocycles. The van der Waals surface area contributed by atoms with Gasteiger partial charge in [-0.1, -0.05) is 35.9 Å². The monoisotopic (exact) mass is 509 g/mol. The molecule has 1 aliphatic heterocycles. The molecule has 1 amide bonds. The Bertz CT molecular complexity index is 1280. The Kier molecular flexibility index (Phi) is 7.16. The second-order valence-corrected chi connectivity index (χ2v) is 9.12. The van der Waals surface area contributed by atoms with Gasteiger partial charge in [0.25, 0.3) is 0 Å². The first-order valence-electron chi connectivity index (χ1n) is 11.9. The molecule has 9 heteroatoms. The molecular formula is C27H28ClN3O5. The molecule has 2 heterocycles. The molecule has 1 atom stereocenters. The molecule has 0 saturated carbocycles. The minimum absolute atomic E-state index is 0.175. The number of nitrogens with one attached hydrogen (secondary N) is 1. The highest BCUT2D eigenvalue weighted by Gasteiger charge is 2.28. The summed E-state index contributed by atoms with van der Waals surface area (Å²) in [5.74, 6) is 1.94. The van der Waals surface area contributed by atoms with Gasteiger partial charge in [0.15, 0.2) is 11.5 Å². The van der Waals surface area contributed by atoms with Crippen LogP contribution < -0.4 is 30.0 Å². The summed E-state index contributed by atoms with van der Waals surface area (Å²) < 4.78 is 23.2. The fourth-order valence-corrected chi connectivity index (χ4v) is 4.89. The molecule has 2 aliphatic rings. The van der Waals surface area contributed by atoms with Gasteiger partial charge in [0.05, 0.1) is 7.11 Å². The SMILES string of the molecule is COc1nc(O[C@H]2CCc3c(-c4ccc5c(c4)OCCO5)cccc32)c(Cl)cc1CNCCC(N)=O. The molecule has 5 rings (SSSR count). The van der Waals surface area contributed by atoms with Crippen LogP contribution in [0.25, 0.3) is 11.1 Å². The van der Waals surface area contributed by atoms with Crippen LogP contribution >= 0.6 is 11.6 Å². The molecule has 0 bridgehead atoms. The third kappa shape index (κ3) is 5.05. The Morgan fingerprint density at radius 3 is 2.81 bits per heavy atom. The minimum Gasteiger partial charge on any atom is -0.486 e. The van der Waals surface area contributed by atoms with Gasteiger partial charge in [0, 0.05) is 25.1 Å². The number of rotatable bonds is 9. The third-order valence-corrected chi connectivity index (χ3v) is 6.63. The van der Waals surface area contributed by atoms with E-state index >= 15 is 0 Å². The Balaban J connectivity index is 1.35. The summed E-state index contributed by atoms with van der Waals surface area (Å²) >= 11 is 6.55. The number of carbonyl (C=O) groups excluding carboxylic acids is 1. The Labute approximate surface area is 214 Å². The summed E-state index contributed by atoms with van der Waals surface area (Å²) in [5.41, 5.74) is 10.6. The van der Waals surface area contributed by atoms with Crippen LogP contribution in [-0.2, 0) is 17.8 Å². The van der Waals surface area contributed by atoms with Gasteiger partial charge in [-0.05, 0) is 53.3 Å². The van der Waals surface area contributed by atoms with Gasteiger partial charge in [-0.3, -0.25) is 4.79 Å². The molecule has 0 radical (unpaired) electrons. The van der Waals surface area contributed by atoms with Gasteiger partial charge >= 0.3 is 0 Å². The van der Waals surface area contributed by atoms with E-state index in [1.807, 2.05) is 18.2 Å². The lowest BCUT2D eigenvalue weighted by Crippen LogP contribution is -2.22. The number of methoxy groups -OCH3 is 1. The predicted octanol–water partition coefficient (Wildman–Crippen LogP) is 4.21. The van der Waals surface area contributed by atoms with Crippen molar-refractivity contribution in [2.75, 3.05) is 26.9 Å². The van der Waals surface area contributed by atoms with E-state index in [1.54, 1.807) is 13.2 Å². The summed E-state index contributed by atoms with van der Waals surface area (Å²) in [6, 6.07) is 14.1. The Morgan fingerprint density at radius 1 is 1.17 bits per heavy atom. The number of benzene rings is 2. The molecule has 1 aliphatic carbocycles. The zero-order chi connectivity index (χ0) is 25.1. The van der Waals surface area contributed by atoms with Crippen LogP contribution in [0.2, 0.25) is 5.02 Å². The summed E-state index contributed by atoms with van der Waals surface area (Å²) in [4.78, 5) is 15.5. The van der Waals surface area contributed by atoms with Crippen LogP contribution in [0.3, 0.4) is 0 Å². The first-order valence-corrected chi connectivity index (χ1v) is 12.3. The normalized spacial score (nSPS) is 15.9. The van der Waals surface area contributed by atoms with E-state index in [1.165, 1.54) is 5.56 Å². The van der Waals surface area contributed by atoms with Crippen molar-refractivity contribution < 1.29 is 23.7 Å². The van der Waals surface area contributed by atoms with E-state index in [0.717, 1.165) is 46.6 Å². The van der Waals surface area contributed by atoms with Crippen molar-refractivity contribution in [3.8, 4) is 34.4 Å². The average molecular weight is 510 g/mol. The molecule has 8 nitrogen and oxygen atoms in total. The molecule has 2 aromatic carbocycles. The summed E-state index contributed by atoms with van der Waals surface area (Å²) in [6.07, 6.45) is 1.76. The number of halogens is 1. The van der Waals surface area contributed by atoms with Crippen molar-refractivity contribution >= 4 is 17.5 Å². The van der Waals surface area contributed by atoms with Gasteiger partial charge in [-0.15, -0.1) is 0 Å². The fourth-order valence-electron chi connectivity index (χ4n) is 4.67. The van der Waals surface area contributed by atoms with Crippen LogP contribution in [0.1, 0.15) is 35.6 Å². The van der Waals surface area contributed by atoms with Crippen LogP contribution in [0, 0.1) is 0 Å². The highest BCUT2D eigenvalue weighted by molar-refractivity contribution is 6.31. The molecule has 0 spiro atoms. The lowest BCUT2D eigenvalue weighted by Gasteiger charge is -2.20. The molecule has 0 unspecified atom stereocenters. The van der Waals surface area contributed by atoms with Crippen LogP contribution in [0.4, 0.5) is 0 Å². The predicted molar refractivity (Wildman–Crippen MR) is 136 cm³/mol. The van der Waals surface area contributed by atoms with E-state index in [2.05, 4.69) is 28.5 Å². The first-order chi connectivity index (χ1) is 17.5. The number of ether oxygens (including phenoxy) is 4. The lowest BCUT2D eigenvalue weighted by molar-refractivity contribution is -0.117. The number of nitrogens with zero attached hydrogens (tertiary/aromatic N) is 1. The molecule has 3 N–H and O–H groups in total. The number of fused-ring (bicyclic) bond motifs is 2. The standard InChI is InChI=1S/C27H28ClN3O5/c1-33-26-17(15-30-10-9-25(29)32)13-21(28)27(31-26)36-22-8-6-19-18(3-2-4-20(19)22)16-5-7-23-24(14-16)35-12-11-34-23/h2-5,7,13-14,22,30H,6,8-12,15H2,1H3,(H2,29,32)/t22-/m0/s1. The Morgan fingerprint density at radius 2 is 2.00 bits per heavy atom. The van der Waals surface area contributed by atoms with Gasteiger partial charge < -0.3 is 30.0 Å². The van der Waals surface area contributed by atoms with E-state index in [4.69, 9.17) is 36.3 Å². The second-order valence-electron chi connectivity index (χ2n) is 8.71. The highest BCUT2D eigenvalue weighted by atomic mass is 35.5. The van der Waals surface area contributed by atoms with Crippen LogP contribution in [0.15, 0.2) is 42.5 Å². The van der Waals surface area contributed by atoms with Crippen molar-refractivity contribution in [1.82, 2.24) is 10.3 Å². The number of nitrogens with two attached hydrogens (primary N) is 1. The number of pyridine rings is 1. The third-order valence-electron chi connectivity index (χ3n) is 6.36. The van der Waals surface area contributed by atoms with E-state index < -0.39 is 0 Å². The van der Waals surface area contributed by atoms with Crippen molar-refractivity contribution in [1.29, 1.82) is 0 Å². The molecular weight excluding hydrogens is 482 g/mol. The van der Waals surface area contributed by atoms with Crippen molar-refractivity contribution in [2.45, 2.75) is 31.9 Å². The van der Waals surface area contributed by atoms with Crippen molar-refractivity contribution in [2.24, 2.45) is 5.73 Å². The minimum atomic E-state index is -0.358. The second kappa shape index (κ2) is 10.6. The number of hydrogen-bond acceptors (Lipinski definition) is 7. The van der Waals surface area contributed by atoms with Gasteiger partial charge in [-0.2, -0.15) is 4.98 Å². The molecule has 0 fully saturated rings. The zero-order valence-electron chi connectivity index (χ0n) is 20.0. The van der Waals surface area contributed by atoms with Crippen LogP contribution in [-0.4, -0.2) is 37.8 Å². The van der Waals surface area contributed by atoms with Crippen molar-refractivity contribution in [3.05, 3.63) is 64.2 Å². The maximum Gasteiger partial charge on any atom is 0.236 e. The summed E-state index contributed by atoms with van der Waals surface area (Å²) in [6.45, 7) is 2.02. The highest BCUT2D eigenvalue weighted by Crippen LogP contribution is 2.43. The molecule has 36 heavy (non-hydrogen) atoms. The molecule has 0 saturated heterocycles.